The first kappa shape index (κ1) is 13.0. The average Bonchev–Trinajstić information content (AvgIpc) is 2.37. The van der Waals surface area contributed by atoms with Gasteiger partial charge in [0.05, 0.1) is 5.56 Å². The number of hydrogen-bond acceptors (Lipinski definition) is 3. The van der Waals surface area contributed by atoms with Gasteiger partial charge in [0.2, 0.25) is 0 Å². The first-order valence-corrected chi connectivity index (χ1v) is 6.06. The van der Waals surface area contributed by atoms with E-state index in [1.54, 1.807) is 18.2 Å². The number of ether oxygens (including phenoxy) is 1. The molecule has 0 aliphatic heterocycles. The van der Waals surface area contributed by atoms with Gasteiger partial charge in [0.1, 0.15) is 17.6 Å². The number of rotatable bonds is 2. The van der Waals surface area contributed by atoms with Crippen molar-refractivity contribution < 1.29 is 4.74 Å². The minimum atomic E-state index is 0.443. The summed E-state index contributed by atoms with van der Waals surface area (Å²) in [5.74, 6) is 1.31. The lowest BCUT2D eigenvalue weighted by Crippen LogP contribution is -1.95. The Bertz CT molecular complexity index is 669. The summed E-state index contributed by atoms with van der Waals surface area (Å²) in [7, 11) is 0. The van der Waals surface area contributed by atoms with Crippen LogP contribution in [0.25, 0.3) is 0 Å². The third-order valence-electron chi connectivity index (χ3n) is 3.11. The van der Waals surface area contributed by atoms with Crippen LogP contribution in [0.5, 0.6) is 11.5 Å². The Hall–Kier alpha value is -2.47. The summed E-state index contributed by atoms with van der Waals surface area (Å²) in [6.45, 7) is 6.07. The summed E-state index contributed by atoms with van der Waals surface area (Å²) in [4.78, 5) is 0. The molecule has 0 aliphatic carbocycles. The number of aryl methyl sites for hydroxylation is 2. The second kappa shape index (κ2) is 5.03. The van der Waals surface area contributed by atoms with Crippen LogP contribution in [-0.4, -0.2) is 0 Å². The molecular formula is C16H16N2O. The first-order valence-electron chi connectivity index (χ1n) is 6.06. The van der Waals surface area contributed by atoms with E-state index in [9.17, 15) is 0 Å². The molecule has 0 radical (unpaired) electrons. The van der Waals surface area contributed by atoms with Gasteiger partial charge in [0.25, 0.3) is 0 Å². The second-order valence-corrected chi connectivity index (χ2v) is 4.67. The highest BCUT2D eigenvalue weighted by molar-refractivity contribution is 5.55. The zero-order chi connectivity index (χ0) is 14.0. The first-order chi connectivity index (χ1) is 9.01. The maximum atomic E-state index is 9.11. The highest BCUT2D eigenvalue weighted by Gasteiger charge is 2.09. The molecule has 0 saturated carbocycles. The molecule has 19 heavy (non-hydrogen) atoms. The summed E-state index contributed by atoms with van der Waals surface area (Å²) in [5.41, 5.74) is 10.0. The van der Waals surface area contributed by atoms with Crippen molar-refractivity contribution >= 4 is 5.69 Å². The number of nitriles is 1. The SMILES string of the molecule is Cc1cc(C)c(C)c(Oc2ccc(N)cc2C#N)c1. The molecule has 3 nitrogen and oxygen atoms in total. The van der Waals surface area contributed by atoms with Gasteiger partial charge in [0.15, 0.2) is 0 Å². The molecule has 2 rings (SSSR count). The summed E-state index contributed by atoms with van der Waals surface area (Å²) < 4.78 is 5.87. The molecule has 0 atom stereocenters. The number of nitrogens with two attached hydrogens (primary N) is 1. The normalized spacial score (nSPS) is 10.0. The van der Waals surface area contributed by atoms with Crippen LogP contribution in [0.15, 0.2) is 30.3 Å². The quantitative estimate of drug-likeness (QED) is 0.826. The van der Waals surface area contributed by atoms with Crippen LogP contribution < -0.4 is 10.5 Å². The van der Waals surface area contributed by atoms with E-state index < -0.39 is 0 Å². The van der Waals surface area contributed by atoms with Crippen molar-refractivity contribution in [2.75, 3.05) is 5.73 Å². The molecule has 0 fully saturated rings. The lowest BCUT2D eigenvalue weighted by Gasteiger charge is -2.13. The van der Waals surface area contributed by atoms with Gasteiger partial charge in [-0.25, -0.2) is 0 Å². The molecule has 0 bridgehead atoms. The van der Waals surface area contributed by atoms with E-state index in [1.807, 2.05) is 26.8 Å². The smallest absolute Gasteiger partial charge is 0.145 e. The van der Waals surface area contributed by atoms with Crippen LogP contribution in [-0.2, 0) is 0 Å². The fourth-order valence-electron chi connectivity index (χ4n) is 1.95. The van der Waals surface area contributed by atoms with Crippen LogP contribution in [0.3, 0.4) is 0 Å². The van der Waals surface area contributed by atoms with E-state index in [-0.39, 0.29) is 0 Å². The molecule has 96 valence electrons. The van der Waals surface area contributed by atoms with Crippen LogP contribution >= 0.6 is 0 Å². The largest absolute Gasteiger partial charge is 0.456 e. The Morgan fingerprint density at radius 3 is 2.47 bits per heavy atom. The van der Waals surface area contributed by atoms with Gasteiger partial charge in [0, 0.05) is 5.69 Å². The third kappa shape index (κ3) is 2.69. The van der Waals surface area contributed by atoms with Crippen molar-refractivity contribution in [1.29, 1.82) is 5.26 Å². The van der Waals surface area contributed by atoms with Crippen molar-refractivity contribution in [2.45, 2.75) is 20.8 Å². The maximum absolute atomic E-state index is 9.11. The molecule has 0 spiro atoms. The highest BCUT2D eigenvalue weighted by atomic mass is 16.5. The average molecular weight is 252 g/mol. The van der Waals surface area contributed by atoms with Gasteiger partial charge in [-0.2, -0.15) is 5.26 Å². The fraction of sp³-hybridized carbons (Fsp3) is 0.188. The molecule has 2 N–H and O–H groups in total. The van der Waals surface area contributed by atoms with Crippen LogP contribution in [0, 0.1) is 32.1 Å². The Morgan fingerprint density at radius 2 is 1.79 bits per heavy atom. The minimum absolute atomic E-state index is 0.443. The lowest BCUT2D eigenvalue weighted by atomic mass is 10.1. The molecule has 3 heteroatoms. The van der Waals surface area contributed by atoms with Gasteiger partial charge < -0.3 is 10.5 Å². The standard InChI is InChI=1S/C16H16N2O/c1-10-6-11(2)12(3)16(7-10)19-15-5-4-14(18)8-13(15)9-17/h4-8H,18H2,1-3H3. The van der Waals surface area contributed by atoms with Crippen LogP contribution in [0.1, 0.15) is 22.3 Å². The fourth-order valence-corrected chi connectivity index (χ4v) is 1.95. The zero-order valence-electron chi connectivity index (χ0n) is 11.3. The van der Waals surface area contributed by atoms with E-state index in [4.69, 9.17) is 15.7 Å². The summed E-state index contributed by atoms with van der Waals surface area (Å²) in [6, 6.07) is 11.3. The Balaban J connectivity index is 2.45. The number of hydrogen-bond donors (Lipinski definition) is 1. The van der Waals surface area contributed by atoms with E-state index in [1.165, 1.54) is 5.56 Å². The monoisotopic (exact) mass is 252 g/mol. The van der Waals surface area contributed by atoms with Crippen molar-refractivity contribution in [3.05, 3.63) is 52.6 Å². The van der Waals surface area contributed by atoms with Gasteiger partial charge in [-0.05, 0) is 61.7 Å². The predicted octanol–water partition coefficient (Wildman–Crippen LogP) is 3.86. The van der Waals surface area contributed by atoms with Gasteiger partial charge in [-0.3, -0.25) is 0 Å². The molecule has 0 aliphatic rings. The van der Waals surface area contributed by atoms with Gasteiger partial charge in [-0.1, -0.05) is 6.07 Å². The summed E-state index contributed by atoms with van der Waals surface area (Å²) in [5, 5.41) is 9.11. The molecular weight excluding hydrogens is 236 g/mol. The Morgan fingerprint density at radius 1 is 1.05 bits per heavy atom. The zero-order valence-corrected chi connectivity index (χ0v) is 11.3. The molecule has 2 aromatic carbocycles. The third-order valence-corrected chi connectivity index (χ3v) is 3.11. The molecule has 0 heterocycles. The van der Waals surface area contributed by atoms with E-state index in [2.05, 4.69) is 12.1 Å². The van der Waals surface area contributed by atoms with E-state index in [0.717, 1.165) is 16.9 Å². The minimum Gasteiger partial charge on any atom is -0.456 e. The van der Waals surface area contributed by atoms with Gasteiger partial charge >= 0.3 is 0 Å². The summed E-state index contributed by atoms with van der Waals surface area (Å²) in [6.07, 6.45) is 0. The van der Waals surface area contributed by atoms with Crippen LogP contribution in [0.2, 0.25) is 0 Å². The maximum Gasteiger partial charge on any atom is 0.145 e. The Kier molecular flexibility index (Phi) is 3.43. The van der Waals surface area contributed by atoms with Crippen molar-refractivity contribution in [2.24, 2.45) is 0 Å². The van der Waals surface area contributed by atoms with Crippen molar-refractivity contribution in [3.63, 3.8) is 0 Å². The molecule has 0 amide bonds. The Labute approximate surface area is 113 Å². The van der Waals surface area contributed by atoms with Crippen molar-refractivity contribution in [1.82, 2.24) is 0 Å². The van der Waals surface area contributed by atoms with Crippen molar-refractivity contribution in [3.8, 4) is 17.6 Å². The van der Waals surface area contributed by atoms with E-state index >= 15 is 0 Å². The number of nitrogen functional groups attached to an aromatic ring is 1. The second-order valence-electron chi connectivity index (χ2n) is 4.67. The van der Waals surface area contributed by atoms with Crippen LogP contribution in [0.4, 0.5) is 5.69 Å². The molecule has 0 unspecified atom stereocenters. The highest BCUT2D eigenvalue weighted by Crippen LogP contribution is 2.31. The topological polar surface area (TPSA) is 59.0 Å². The molecule has 2 aromatic rings. The van der Waals surface area contributed by atoms with E-state index in [0.29, 0.717) is 17.0 Å². The number of anilines is 1. The summed E-state index contributed by atoms with van der Waals surface area (Å²) >= 11 is 0. The van der Waals surface area contributed by atoms with Gasteiger partial charge in [-0.15, -0.1) is 0 Å². The molecule has 0 saturated heterocycles. The number of nitrogens with zero attached hydrogens (tertiary/aromatic N) is 1. The predicted molar refractivity (Wildman–Crippen MR) is 76.3 cm³/mol. The molecule has 0 aromatic heterocycles. The lowest BCUT2D eigenvalue weighted by molar-refractivity contribution is 0.476. The number of benzene rings is 2.